The van der Waals surface area contributed by atoms with E-state index < -0.39 is 5.63 Å². The number of hydrogen-bond acceptors (Lipinski definition) is 5. The number of benzene rings is 3. The summed E-state index contributed by atoms with van der Waals surface area (Å²) < 4.78 is 22.1. The van der Waals surface area contributed by atoms with Gasteiger partial charge in [0.05, 0.1) is 19.8 Å². The van der Waals surface area contributed by atoms with Gasteiger partial charge in [-0.25, -0.2) is 4.79 Å². The first-order valence-electron chi connectivity index (χ1n) is 9.25. The monoisotopic (exact) mass is 422 g/mol. The zero-order chi connectivity index (χ0) is 21.1. The largest absolute Gasteiger partial charge is 0.497 e. The molecule has 4 rings (SSSR count). The molecule has 0 atom stereocenters. The Balaban J connectivity index is 1.68. The first-order valence-corrected chi connectivity index (χ1v) is 9.63. The molecule has 1 aromatic heterocycles. The molecule has 0 aliphatic carbocycles. The maximum atomic E-state index is 12.7. The number of methoxy groups -OCH3 is 2. The molecule has 0 radical (unpaired) electrons. The number of hydrogen-bond donors (Lipinski definition) is 0. The van der Waals surface area contributed by atoms with Crippen molar-refractivity contribution in [3.8, 4) is 28.4 Å². The molecule has 0 bridgehead atoms. The van der Waals surface area contributed by atoms with Crippen LogP contribution in [0.1, 0.15) is 5.56 Å². The predicted octanol–water partition coefficient (Wildman–Crippen LogP) is 5.71. The zero-order valence-electron chi connectivity index (χ0n) is 16.5. The van der Waals surface area contributed by atoms with Crippen molar-refractivity contribution < 1.29 is 18.6 Å². The van der Waals surface area contributed by atoms with Crippen molar-refractivity contribution in [2.75, 3.05) is 14.2 Å². The van der Waals surface area contributed by atoms with Gasteiger partial charge in [0, 0.05) is 27.6 Å². The van der Waals surface area contributed by atoms with Gasteiger partial charge in [0.15, 0.2) is 0 Å². The van der Waals surface area contributed by atoms with Crippen molar-refractivity contribution in [3.05, 3.63) is 87.7 Å². The van der Waals surface area contributed by atoms with Crippen LogP contribution in [0.25, 0.3) is 22.1 Å². The molecular formula is C24H19ClO5. The third kappa shape index (κ3) is 3.98. The Morgan fingerprint density at radius 3 is 2.43 bits per heavy atom. The average molecular weight is 423 g/mol. The molecule has 0 saturated carbocycles. The van der Waals surface area contributed by atoms with Gasteiger partial charge in [-0.15, -0.1) is 0 Å². The fourth-order valence-corrected chi connectivity index (χ4v) is 3.36. The summed E-state index contributed by atoms with van der Waals surface area (Å²) in [5, 5.41) is 1.40. The molecule has 0 fully saturated rings. The van der Waals surface area contributed by atoms with Crippen LogP contribution in [0.5, 0.6) is 17.2 Å². The Morgan fingerprint density at radius 1 is 0.867 bits per heavy atom. The van der Waals surface area contributed by atoms with E-state index in [0.29, 0.717) is 45.6 Å². The average Bonchev–Trinajstić information content (AvgIpc) is 2.77. The van der Waals surface area contributed by atoms with E-state index in [4.69, 9.17) is 30.2 Å². The lowest BCUT2D eigenvalue weighted by atomic mass is 10.0. The van der Waals surface area contributed by atoms with Crippen molar-refractivity contribution in [2.45, 2.75) is 6.61 Å². The summed E-state index contributed by atoms with van der Waals surface area (Å²) in [4.78, 5) is 12.7. The minimum absolute atomic E-state index is 0.314. The van der Waals surface area contributed by atoms with E-state index in [-0.39, 0.29) is 0 Å². The van der Waals surface area contributed by atoms with Crippen LogP contribution in [0.15, 0.2) is 75.9 Å². The summed E-state index contributed by atoms with van der Waals surface area (Å²) in [7, 11) is 3.12. The lowest BCUT2D eigenvalue weighted by molar-refractivity contribution is 0.306. The Hall–Kier alpha value is -3.44. The summed E-state index contributed by atoms with van der Waals surface area (Å²) in [5.41, 5.74) is 1.83. The summed E-state index contributed by atoms with van der Waals surface area (Å²) in [5.74, 6) is 1.76. The Labute approximate surface area is 178 Å². The van der Waals surface area contributed by atoms with Crippen molar-refractivity contribution in [2.24, 2.45) is 0 Å². The van der Waals surface area contributed by atoms with Crippen molar-refractivity contribution in [1.29, 1.82) is 0 Å². The van der Waals surface area contributed by atoms with Crippen LogP contribution in [-0.4, -0.2) is 14.2 Å². The standard InChI is InChI=1S/C24H19ClO5/c1-27-17-9-10-22(28-2)19(12-17)20-11-15-7-8-18(13-23(15)30-24(20)26)29-14-16-5-3-4-6-21(16)25/h3-13H,14H2,1-2H3. The van der Waals surface area contributed by atoms with Gasteiger partial charge in [-0.05, 0) is 42.5 Å². The maximum absolute atomic E-state index is 12.7. The third-order valence-corrected chi connectivity index (χ3v) is 5.13. The first kappa shape index (κ1) is 19.9. The van der Waals surface area contributed by atoms with E-state index in [9.17, 15) is 4.79 Å². The molecule has 0 aliphatic rings. The fourth-order valence-electron chi connectivity index (χ4n) is 3.17. The topological polar surface area (TPSA) is 57.9 Å². The fraction of sp³-hybridized carbons (Fsp3) is 0.125. The highest BCUT2D eigenvalue weighted by molar-refractivity contribution is 6.31. The van der Waals surface area contributed by atoms with Crippen LogP contribution in [-0.2, 0) is 6.61 Å². The smallest absolute Gasteiger partial charge is 0.344 e. The van der Waals surface area contributed by atoms with E-state index >= 15 is 0 Å². The van der Waals surface area contributed by atoms with E-state index in [1.54, 1.807) is 44.6 Å². The number of ether oxygens (including phenoxy) is 3. The van der Waals surface area contributed by atoms with Crippen molar-refractivity contribution >= 4 is 22.6 Å². The Bertz CT molecular complexity index is 1260. The lowest BCUT2D eigenvalue weighted by Crippen LogP contribution is -2.04. The highest BCUT2D eigenvalue weighted by Gasteiger charge is 2.14. The highest BCUT2D eigenvalue weighted by atomic mass is 35.5. The minimum atomic E-state index is -0.475. The predicted molar refractivity (Wildman–Crippen MR) is 117 cm³/mol. The van der Waals surface area contributed by atoms with Crippen molar-refractivity contribution in [3.63, 3.8) is 0 Å². The van der Waals surface area contributed by atoms with Gasteiger partial charge >= 0.3 is 5.63 Å². The SMILES string of the molecule is COc1ccc(OC)c(-c2cc3ccc(OCc4ccccc4Cl)cc3oc2=O)c1. The van der Waals surface area contributed by atoms with Gasteiger partial charge in [-0.3, -0.25) is 0 Å². The molecule has 0 N–H and O–H groups in total. The van der Waals surface area contributed by atoms with E-state index in [2.05, 4.69) is 0 Å². The summed E-state index contributed by atoms with van der Waals surface area (Å²) in [6.07, 6.45) is 0. The molecule has 3 aromatic carbocycles. The van der Waals surface area contributed by atoms with Gasteiger partial charge in [0.1, 0.15) is 29.4 Å². The van der Waals surface area contributed by atoms with Crippen LogP contribution in [0, 0.1) is 0 Å². The second kappa shape index (κ2) is 8.51. The summed E-state index contributed by atoms with van der Waals surface area (Å²) in [6, 6.07) is 19.9. The molecule has 4 aromatic rings. The summed E-state index contributed by atoms with van der Waals surface area (Å²) in [6.45, 7) is 0.314. The van der Waals surface area contributed by atoms with E-state index in [1.165, 1.54) is 0 Å². The van der Waals surface area contributed by atoms with E-state index in [0.717, 1.165) is 10.9 Å². The van der Waals surface area contributed by atoms with Gasteiger partial charge in [0.2, 0.25) is 0 Å². The second-order valence-electron chi connectivity index (χ2n) is 6.59. The van der Waals surface area contributed by atoms with Crippen LogP contribution < -0.4 is 19.8 Å². The molecular weight excluding hydrogens is 404 g/mol. The van der Waals surface area contributed by atoms with Crippen molar-refractivity contribution in [1.82, 2.24) is 0 Å². The quantitative estimate of drug-likeness (QED) is 0.372. The molecule has 6 heteroatoms. The van der Waals surface area contributed by atoms with Gasteiger partial charge < -0.3 is 18.6 Å². The molecule has 5 nitrogen and oxygen atoms in total. The van der Waals surface area contributed by atoms with Gasteiger partial charge in [-0.2, -0.15) is 0 Å². The number of rotatable bonds is 6. The highest BCUT2D eigenvalue weighted by Crippen LogP contribution is 2.33. The number of halogens is 1. The first-order chi connectivity index (χ1) is 14.6. The normalized spacial score (nSPS) is 10.8. The summed E-state index contributed by atoms with van der Waals surface area (Å²) >= 11 is 6.17. The van der Waals surface area contributed by atoms with Crippen LogP contribution in [0.4, 0.5) is 0 Å². The zero-order valence-corrected chi connectivity index (χ0v) is 17.2. The van der Waals surface area contributed by atoms with Gasteiger partial charge in [0.25, 0.3) is 0 Å². The van der Waals surface area contributed by atoms with Crippen LogP contribution >= 0.6 is 11.6 Å². The molecule has 0 aliphatic heterocycles. The Kier molecular flexibility index (Phi) is 5.63. The molecule has 0 amide bonds. The minimum Gasteiger partial charge on any atom is -0.497 e. The molecule has 1 heterocycles. The number of fused-ring (bicyclic) bond motifs is 1. The molecule has 0 unspecified atom stereocenters. The molecule has 152 valence electrons. The van der Waals surface area contributed by atoms with E-state index in [1.807, 2.05) is 36.4 Å². The van der Waals surface area contributed by atoms with Crippen LogP contribution in [0.3, 0.4) is 0 Å². The van der Waals surface area contributed by atoms with Gasteiger partial charge in [-0.1, -0.05) is 29.8 Å². The second-order valence-corrected chi connectivity index (χ2v) is 7.00. The Morgan fingerprint density at radius 2 is 1.67 bits per heavy atom. The molecule has 0 spiro atoms. The molecule has 30 heavy (non-hydrogen) atoms. The lowest BCUT2D eigenvalue weighted by Gasteiger charge is -2.11. The van der Waals surface area contributed by atoms with Crippen LogP contribution in [0.2, 0.25) is 5.02 Å². The molecule has 0 saturated heterocycles. The third-order valence-electron chi connectivity index (χ3n) is 4.76. The maximum Gasteiger partial charge on any atom is 0.344 e.